The maximum Gasteiger partial charge on any atom is 0.308 e. The van der Waals surface area contributed by atoms with Crippen molar-refractivity contribution in [1.82, 2.24) is 29.0 Å². The number of imidazole rings is 1. The highest BCUT2D eigenvalue weighted by Crippen LogP contribution is 2.24. The number of carbonyl (C=O) groups excluding carboxylic acids is 3. The van der Waals surface area contributed by atoms with Crippen LogP contribution < -0.4 is 4.74 Å². The summed E-state index contributed by atoms with van der Waals surface area (Å²) in [6.45, 7) is 1.34. The molecule has 168 valence electrons. The number of rotatable bonds is 6. The Morgan fingerprint density at radius 1 is 1.12 bits per heavy atom. The van der Waals surface area contributed by atoms with Gasteiger partial charge in [-0.2, -0.15) is 5.10 Å². The number of benzene rings is 1. The zero-order chi connectivity index (χ0) is 23.7. The van der Waals surface area contributed by atoms with E-state index in [0.29, 0.717) is 22.9 Å². The number of ether oxygens (including phenoxy) is 1. The van der Waals surface area contributed by atoms with E-state index in [1.165, 1.54) is 22.7 Å². The van der Waals surface area contributed by atoms with Gasteiger partial charge in [0.25, 0.3) is 5.91 Å². The molecular weight excluding hydrogens is 424 g/mol. The first kappa shape index (κ1) is 21.9. The van der Waals surface area contributed by atoms with Crippen LogP contribution in [-0.4, -0.2) is 60.8 Å². The Bertz CT molecular complexity index is 1380. The first-order valence-electron chi connectivity index (χ1n) is 10.1. The van der Waals surface area contributed by atoms with Gasteiger partial charge in [-0.1, -0.05) is 12.1 Å². The van der Waals surface area contributed by atoms with Gasteiger partial charge in [0.1, 0.15) is 11.4 Å². The third-order valence-corrected chi connectivity index (χ3v) is 4.96. The van der Waals surface area contributed by atoms with Crippen LogP contribution in [0.5, 0.6) is 5.75 Å². The summed E-state index contributed by atoms with van der Waals surface area (Å²) in [4.78, 5) is 47.1. The molecule has 3 heterocycles. The first-order chi connectivity index (χ1) is 15.7. The van der Waals surface area contributed by atoms with E-state index in [9.17, 15) is 14.4 Å². The van der Waals surface area contributed by atoms with E-state index in [4.69, 9.17) is 4.74 Å². The monoisotopic (exact) mass is 446 g/mol. The molecule has 4 aromatic rings. The number of esters is 1. The van der Waals surface area contributed by atoms with Crippen molar-refractivity contribution in [2.75, 3.05) is 14.1 Å². The molecule has 0 N–H and O–H groups in total. The molecule has 0 radical (unpaired) electrons. The molecule has 4 rings (SSSR count). The second kappa shape index (κ2) is 8.65. The van der Waals surface area contributed by atoms with Crippen LogP contribution in [-0.2, 0) is 18.3 Å². The SMILES string of the molecule is CC(=O)Oc1cccc(-c2cn3ccc(CC(=O)c4c(C(=O)N(C)C)cnn4C)nc3n2)c1. The number of hydrogen-bond donors (Lipinski definition) is 0. The normalized spacial score (nSPS) is 10.9. The highest BCUT2D eigenvalue weighted by atomic mass is 16.5. The highest BCUT2D eigenvalue weighted by Gasteiger charge is 2.23. The lowest BCUT2D eigenvalue weighted by molar-refractivity contribution is -0.131. The van der Waals surface area contributed by atoms with Gasteiger partial charge in [-0.05, 0) is 18.2 Å². The fourth-order valence-electron chi connectivity index (χ4n) is 3.44. The number of aromatic nitrogens is 5. The molecule has 0 spiro atoms. The van der Waals surface area contributed by atoms with E-state index in [1.807, 2.05) is 6.07 Å². The van der Waals surface area contributed by atoms with Crippen molar-refractivity contribution in [1.29, 1.82) is 0 Å². The third kappa shape index (κ3) is 4.49. The van der Waals surface area contributed by atoms with Gasteiger partial charge in [0.15, 0.2) is 5.78 Å². The molecule has 10 heteroatoms. The van der Waals surface area contributed by atoms with Crippen molar-refractivity contribution >= 4 is 23.4 Å². The molecule has 0 unspecified atom stereocenters. The van der Waals surface area contributed by atoms with Gasteiger partial charge in [-0.15, -0.1) is 0 Å². The quantitative estimate of drug-likeness (QED) is 0.253. The van der Waals surface area contributed by atoms with E-state index < -0.39 is 5.97 Å². The fourth-order valence-corrected chi connectivity index (χ4v) is 3.44. The van der Waals surface area contributed by atoms with Gasteiger partial charge in [-0.25, -0.2) is 9.97 Å². The zero-order valence-electron chi connectivity index (χ0n) is 18.6. The number of carbonyl (C=O) groups is 3. The van der Waals surface area contributed by atoms with E-state index in [0.717, 1.165) is 5.56 Å². The molecule has 33 heavy (non-hydrogen) atoms. The fraction of sp³-hybridized carbons (Fsp3) is 0.217. The number of ketones is 1. The van der Waals surface area contributed by atoms with Crippen LogP contribution in [0.25, 0.3) is 17.0 Å². The maximum absolute atomic E-state index is 13.0. The summed E-state index contributed by atoms with van der Waals surface area (Å²) in [6.07, 6.45) is 4.97. The summed E-state index contributed by atoms with van der Waals surface area (Å²) in [6, 6.07) is 8.77. The molecular formula is C23H22N6O4. The first-order valence-corrected chi connectivity index (χ1v) is 10.1. The third-order valence-electron chi connectivity index (χ3n) is 4.96. The molecule has 0 saturated carbocycles. The number of hydrogen-bond acceptors (Lipinski definition) is 7. The summed E-state index contributed by atoms with van der Waals surface area (Å²) < 4.78 is 8.29. The van der Waals surface area contributed by atoms with Crippen LogP contribution in [0.15, 0.2) is 48.9 Å². The van der Waals surface area contributed by atoms with Crippen LogP contribution in [0.2, 0.25) is 0 Å². The predicted octanol–water partition coefficient (Wildman–Crippen LogP) is 2.18. The molecule has 0 aliphatic rings. The predicted molar refractivity (Wildman–Crippen MR) is 119 cm³/mol. The van der Waals surface area contributed by atoms with Crippen molar-refractivity contribution < 1.29 is 19.1 Å². The van der Waals surface area contributed by atoms with Crippen molar-refractivity contribution in [3.8, 4) is 17.0 Å². The van der Waals surface area contributed by atoms with Crippen molar-refractivity contribution in [2.24, 2.45) is 7.05 Å². The second-order valence-electron chi connectivity index (χ2n) is 7.70. The Balaban J connectivity index is 1.60. The molecule has 10 nitrogen and oxygen atoms in total. The molecule has 1 amide bonds. The zero-order valence-corrected chi connectivity index (χ0v) is 18.6. The maximum atomic E-state index is 13.0. The van der Waals surface area contributed by atoms with Crippen LogP contribution in [0, 0.1) is 0 Å². The highest BCUT2D eigenvalue weighted by molar-refractivity contribution is 6.07. The van der Waals surface area contributed by atoms with Crippen molar-refractivity contribution in [2.45, 2.75) is 13.3 Å². The van der Waals surface area contributed by atoms with Gasteiger partial charge in [0.05, 0.1) is 29.6 Å². The van der Waals surface area contributed by atoms with Gasteiger partial charge < -0.3 is 9.64 Å². The number of Topliss-reactive ketones (excluding diaryl/α,β-unsaturated/α-hetero) is 1. The average Bonchev–Trinajstić information content (AvgIpc) is 3.36. The van der Waals surface area contributed by atoms with Gasteiger partial charge in [-0.3, -0.25) is 23.5 Å². The molecule has 0 aliphatic heterocycles. The number of nitrogens with zero attached hydrogens (tertiary/aromatic N) is 6. The Morgan fingerprint density at radius 3 is 2.64 bits per heavy atom. The van der Waals surface area contributed by atoms with Crippen LogP contribution in [0.4, 0.5) is 0 Å². The summed E-state index contributed by atoms with van der Waals surface area (Å²) in [5, 5.41) is 4.07. The largest absolute Gasteiger partial charge is 0.427 e. The minimum Gasteiger partial charge on any atom is -0.427 e. The second-order valence-corrected chi connectivity index (χ2v) is 7.70. The van der Waals surface area contributed by atoms with E-state index in [2.05, 4.69) is 15.1 Å². The van der Waals surface area contributed by atoms with Crippen LogP contribution in [0.3, 0.4) is 0 Å². The molecule has 0 atom stereocenters. The van der Waals surface area contributed by atoms with Crippen molar-refractivity contribution in [3.63, 3.8) is 0 Å². The summed E-state index contributed by atoms with van der Waals surface area (Å²) in [5.74, 6) is -0.109. The molecule has 0 fully saturated rings. The molecule has 0 bridgehead atoms. The van der Waals surface area contributed by atoms with Gasteiger partial charge >= 0.3 is 5.97 Å². The lowest BCUT2D eigenvalue weighted by Crippen LogP contribution is -2.24. The topological polar surface area (TPSA) is 112 Å². The van der Waals surface area contributed by atoms with Crippen LogP contribution >= 0.6 is 0 Å². The van der Waals surface area contributed by atoms with E-state index >= 15 is 0 Å². The number of amides is 1. The van der Waals surface area contributed by atoms with Crippen molar-refractivity contribution in [3.05, 3.63) is 65.9 Å². The Morgan fingerprint density at radius 2 is 1.91 bits per heavy atom. The minimum absolute atomic E-state index is 0.00608. The summed E-state index contributed by atoms with van der Waals surface area (Å²) >= 11 is 0. The Hall–Kier alpha value is -4.34. The molecule has 1 aromatic carbocycles. The number of aryl methyl sites for hydroxylation is 1. The Kier molecular flexibility index (Phi) is 5.74. The number of fused-ring (bicyclic) bond motifs is 1. The lowest BCUT2D eigenvalue weighted by Gasteiger charge is -2.10. The van der Waals surface area contributed by atoms with Gasteiger partial charge in [0.2, 0.25) is 5.78 Å². The lowest BCUT2D eigenvalue weighted by atomic mass is 10.1. The van der Waals surface area contributed by atoms with Crippen LogP contribution in [0.1, 0.15) is 33.5 Å². The van der Waals surface area contributed by atoms with Gasteiger partial charge in [0, 0.05) is 46.0 Å². The average molecular weight is 446 g/mol. The standard InChI is InChI=1S/C23H22N6O4/c1-14(30)33-17-7-5-6-15(10-17)19-13-29-9-8-16(25-23(29)26-19)11-20(31)21-18(12-24-28(21)4)22(32)27(2)3/h5-10,12-13H,11H2,1-4H3. The molecule has 3 aromatic heterocycles. The molecule has 0 aliphatic carbocycles. The molecule has 0 saturated heterocycles. The van der Waals surface area contributed by atoms with E-state index in [-0.39, 0.29) is 29.4 Å². The Labute approximate surface area is 189 Å². The smallest absolute Gasteiger partial charge is 0.308 e. The minimum atomic E-state index is -0.401. The summed E-state index contributed by atoms with van der Waals surface area (Å²) in [5.41, 5.74) is 2.41. The van der Waals surface area contributed by atoms with E-state index in [1.54, 1.807) is 62.2 Å². The summed E-state index contributed by atoms with van der Waals surface area (Å²) in [7, 11) is 4.87.